The van der Waals surface area contributed by atoms with Crippen LogP contribution in [0.4, 0.5) is 5.69 Å². The highest BCUT2D eigenvalue weighted by Crippen LogP contribution is 2.29. The van der Waals surface area contributed by atoms with Crippen molar-refractivity contribution >= 4 is 33.0 Å². The first-order valence-corrected chi connectivity index (χ1v) is 12.6. The molecule has 0 spiro atoms. The zero-order valence-corrected chi connectivity index (χ0v) is 19.3. The smallest absolute Gasteiger partial charge is 0.324 e. The average molecular weight is 477 g/mol. The molecule has 1 amide bonds. The van der Waals surface area contributed by atoms with Crippen LogP contribution < -0.4 is 11.0 Å². The highest BCUT2D eigenvalue weighted by atomic mass is 32.2. The third-order valence-electron chi connectivity index (χ3n) is 5.47. The molecule has 170 valence electrons. The number of aromatic nitrogens is 4. The van der Waals surface area contributed by atoms with Crippen LogP contribution in [0.3, 0.4) is 0 Å². The van der Waals surface area contributed by atoms with E-state index in [0.29, 0.717) is 10.7 Å². The fraction of sp³-hybridized carbons (Fsp3) is 0.400. The molecule has 2 aromatic heterocycles. The molecule has 4 rings (SSSR count). The number of sulfonamides is 1. The van der Waals surface area contributed by atoms with Gasteiger partial charge in [0.25, 0.3) is 0 Å². The minimum atomic E-state index is -3.62. The lowest BCUT2D eigenvalue weighted by Gasteiger charge is -2.37. The van der Waals surface area contributed by atoms with Crippen molar-refractivity contribution in [2.75, 3.05) is 5.32 Å². The van der Waals surface area contributed by atoms with Gasteiger partial charge in [-0.2, -0.15) is 13.7 Å². The fourth-order valence-corrected chi connectivity index (χ4v) is 6.49. The Morgan fingerprint density at radius 1 is 1.12 bits per heavy atom. The zero-order valence-electron chi connectivity index (χ0n) is 17.7. The van der Waals surface area contributed by atoms with E-state index in [9.17, 15) is 18.0 Å². The fourth-order valence-electron chi connectivity index (χ4n) is 3.94. The number of carbonyl (C=O) groups excluding carboxylic acids is 1. The Morgan fingerprint density at radius 3 is 2.44 bits per heavy atom. The number of nitrogens with one attached hydrogen (secondary N) is 1. The molecule has 1 aliphatic heterocycles. The van der Waals surface area contributed by atoms with Crippen molar-refractivity contribution in [2.24, 2.45) is 0 Å². The second-order valence-electron chi connectivity index (χ2n) is 7.82. The summed E-state index contributed by atoms with van der Waals surface area (Å²) in [5.74, 6) is -0.473. The zero-order chi connectivity index (χ0) is 22.9. The van der Waals surface area contributed by atoms with E-state index in [1.807, 2.05) is 19.2 Å². The first-order chi connectivity index (χ1) is 15.3. The van der Waals surface area contributed by atoms with Gasteiger partial charge in [0.05, 0.1) is 4.90 Å². The number of tetrazole rings is 1. The number of amides is 1. The second kappa shape index (κ2) is 8.96. The monoisotopic (exact) mass is 476 g/mol. The van der Waals surface area contributed by atoms with Crippen molar-refractivity contribution < 1.29 is 13.2 Å². The van der Waals surface area contributed by atoms with Gasteiger partial charge in [0.2, 0.25) is 15.9 Å². The second-order valence-corrected chi connectivity index (χ2v) is 10.6. The molecular formula is C20H24N6O4S2. The Bertz CT molecular complexity index is 1240. The molecule has 2 atom stereocenters. The van der Waals surface area contributed by atoms with Crippen molar-refractivity contribution in [3.8, 4) is 5.00 Å². The molecule has 0 aliphatic carbocycles. The Morgan fingerprint density at radius 2 is 1.81 bits per heavy atom. The minimum Gasteiger partial charge on any atom is -0.324 e. The van der Waals surface area contributed by atoms with E-state index in [1.165, 1.54) is 35.6 Å². The summed E-state index contributed by atoms with van der Waals surface area (Å²) in [5, 5.41) is 12.6. The summed E-state index contributed by atoms with van der Waals surface area (Å²) in [4.78, 5) is 24.9. The lowest BCUT2D eigenvalue weighted by molar-refractivity contribution is -0.117. The number of benzene rings is 1. The molecule has 0 radical (unpaired) electrons. The van der Waals surface area contributed by atoms with E-state index in [-0.39, 0.29) is 23.5 Å². The van der Waals surface area contributed by atoms with Gasteiger partial charge in [-0.15, -0.1) is 11.3 Å². The largest absolute Gasteiger partial charge is 0.369 e. The van der Waals surface area contributed by atoms with E-state index in [2.05, 4.69) is 15.7 Å². The topological polar surface area (TPSA) is 119 Å². The number of carbonyl (C=O) groups is 1. The Kier molecular flexibility index (Phi) is 6.26. The van der Waals surface area contributed by atoms with Gasteiger partial charge in [-0.1, -0.05) is 6.42 Å². The number of thiophene rings is 1. The van der Waals surface area contributed by atoms with Crippen LogP contribution in [-0.2, 0) is 21.4 Å². The maximum Gasteiger partial charge on any atom is 0.369 e. The van der Waals surface area contributed by atoms with Crippen LogP contribution >= 0.6 is 11.3 Å². The molecule has 10 nitrogen and oxygen atoms in total. The van der Waals surface area contributed by atoms with Crippen LogP contribution in [0.15, 0.2) is 51.5 Å². The molecule has 0 bridgehead atoms. The quantitative estimate of drug-likeness (QED) is 0.582. The van der Waals surface area contributed by atoms with Gasteiger partial charge >= 0.3 is 5.69 Å². The van der Waals surface area contributed by atoms with Crippen molar-refractivity contribution in [2.45, 2.75) is 56.6 Å². The van der Waals surface area contributed by atoms with Crippen molar-refractivity contribution in [1.29, 1.82) is 0 Å². The Hall–Kier alpha value is -2.83. The number of hydrogen-bond donors (Lipinski definition) is 1. The molecule has 1 N–H and O–H groups in total. The molecule has 2 unspecified atom stereocenters. The summed E-state index contributed by atoms with van der Waals surface area (Å²) < 4.78 is 29.9. The molecule has 1 saturated heterocycles. The van der Waals surface area contributed by atoms with Gasteiger partial charge in [-0.25, -0.2) is 13.2 Å². The Labute approximate surface area is 189 Å². The van der Waals surface area contributed by atoms with E-state index in [1.54, 1.807) is 16.4 Å². The molecule has 32 heavy (non-hydrogen) atoms. The lowest BCUT2D eigenvalue weighted by Crippen LogP contribution is -2.47. The van der Waals surface area contributed by atoms with Gasteiger partial charge in [0, 0.05) is 17.8 Å². The van der Waals surface area contributed by atoms with E-state index in [0.717, 1.165) is 28.6 Å². The summed E-state index contributed by atoms with van der Waals surface area (Å²) in [5.41, 5.74) is -0.0961. The van der Waals surface area contributed by atoms with Crippen LogP contribution in [-0.4, -0.2) is 50.5 Å². The number of nitrogens with zero attached hydrogens (tertiary/aromatic N) is 5. The predicted molar refractivity (Wildman–Crippen MR) is 120 cm³/mol. The summed E-state index contributed by atoms with van der Waals surface area (Å²) in [6.07, 6.45) is 2.70. The normalized spacial score (nSPS) is 19.7. The molecule has 3 heterocycles. The number of piperidine rings is 1. The van der Waals surface area contributed by atoms with E-state index >= 15 is 0 Å². The third kappa shape index (κ3) is 4.38. The van der Waals surface area contributed by atoms with Gasteiger partial charge in [-0.05, 0) is 78.9 Å². The number of hydrogen-bond acceptors (Lipinski definition) is 7. The van der Waals surface area contributed by atoms with Crippen LogP contribution in [0.1, 0.15) is 33.1 Å². The van der Waals surface area contributed by atoms with Crippen LogP contribution in [0, 0.1) is 0 Å². The number of rotatable bonds is 6. The molecular weight excluding hydrogens is 452 g/mol. The van der Waals surface area contributed by atoms with Crippen LogP contribution in [0.25, 0.3) is 5.00 Å². The molecule has 1 aliphatic rings. The summed E-state index contributed by atoms with van der Waals surface area (Å²) in [6, 6.07) is 9.45. The summed E-state index contributed by atoms with van der Waals surface area (Å²) in [7, 11) is -3.62. The molecule has 0 saturated carbocycles. The summed E-state index contributed by atoms with van der Waals surface area (Å²) >= 11 is 1.33. The van der Waals surface area contributed by atoms with Crippen molar-refractivity contribution in [1.82, 2.24) is 24.1 Å². The summed E-state index contributed by atoms with van der Waals surface area (Å²) in [6.45, 7) is 3.55. The van der Waals surface area contributed by atoms with Gasteiger partial charge in [0.15, 0.2) is 0 Å². The van der Waals surface area contributed by atoms with Gasteiger partial charge in [0.1, 0.15) is 11.5 Å². The number of anilines is 1. The average Bonchev–Trinajstić information content (AvgIpc) is 3.38. The maximum atomic E-state index is 13.1. The lowest BCUT2D eigenvalue weighted by atomic mass is 10.0. The SMILES string of the molecule is CC1CCCC(C)N1S(=O)(=O)c1ccc(NC(=O)Cn2nnn(-c3cccs3)c2=O)cc1. The molecule has 1 fully saturated rings. The third-order valence-corrected chi connectivity index (χ3v) is 8.46. The predicted octanol–water partition coefficient (Wildman–Crippen LogP) is 2.08. The maximum absolute atomic E-state index is 13.1. The molecule has 3 aromatic rings. The van der Waals surface area contributed by atoms with E-state index in [4.69, 9.17) is 0 Å². The van der Waals surface area contributed by atoms with Crippen LogP contribution in [0.2, 0.25) is 0 Å². The molecule has 12 heteroatoms. The van der Waals surface area contributed by atoms with Crippen molar-refractivity contribution in [3.63, 3.8) is 0 Å². The Balaban J connectivity index is 1.44. The minimum absolute atomic E-state index is 0.0518. The first kappa shape index (κ1) is 22.4. The van der Waals surface area contributed by atoms with E-state index < -0.39 is 21.6 Å². The standard InChI is InChI=1S/C20H24N6O4S2/c1-14-5-3-6-15(2)26(14)32(29,30)17-10-8-16(9-11-17)21-18(27)13-24-20(28)25(23-22-24)19-7-4-12-31-19/h4,7-12,14-15H,3,5-6,13H2,1-2H3,(H,21,27). The van der Waals surface area contributed by atoms with Gasteiger partial charge in [-0.3, -0.25) is 4.79 Å². The molecule has 1 aromatic carbocycles. The van der Waals surface area contributed by atoms with Crippen LogP contribution in [0.5, 0.6) is 0 Å². The van der Waals surface area contributed by atoms with Crippen molar-refractivity contribution in [3.05, 3.63) is 52.3 Å². The highest BCUT2D eigenvalue weighted by molar-refractivity contribution is 7.89. The highest BCUT2D eigenvalue weighted by Gasteiger charge is 2.35. The van der Waals surface area contributed by atoms with Gasteiger partial charge < -0.3 is 5.32 Å². The first-order valence-electron chi connectivity index (χ1n) is 10.3.